The van der Waals surface area contributed by atoms with Gasteiger partial charge in [-0.3, -0.25) is 4.79 Å². The maximum Gasteiger partial charge on any atom is 0.276 e. The molecule has 0 bridgehead atoms. The smallest absolute Gasteiger partial charge is 0.276 e. The minimum Gasteiger partial charge on any atom is -0.382 e. The van der Waals surface area contributed by atoms with Gasteiger partial charge >= 0.3 is 0 Å². The van der Waals surface area contributed by atoms with Crippen LogP contribution in [0, 0.1) is 0 Å². The molecule has 0 atom stereocenters. The number of aromatic nitrogens is 2. The van der Waals surface area contributed by atoms with Crippen LogP contribution >= 0.6 is 0 Å². The number of nitrogens with zero attached hydrogens (tertiary/aromatic N) is 3. The van der Waals surface area contributed by atoms with Crippen LogP contribution < -0.4 is 5.73 Å². The second kappa shape index (κ2) is 3.21. The molecule has 14 heavy (non-hydrogen) atoms. The first-order valence-corrected chi connectivity index (χ1v) is 4.18. The zero-order valence-electron chi connectivity index (χ0n) is 7.35. The Hall–Kier alpha value is -1.72. The molecule has 1 aliphatic rings. The summed E-state index contributed by atoms with van der Waals surface area (Å²) in [5.74, 6) is -0.274. The van der Waals surface area contributed by atoms with E-state index in [-0.39, 0.29) is 30.5 Å². The van der Waals surface area contributed by atoms with Crippen LogP contribution in [0.3, 0.4) is 0 Å². The minimum atomic E-state index is -0.920. The average molecular weight is 196 g/mol. The lowest BCUT2D eigenvalue weighted by atomic mass is 10.1. The first-order chi connectivity index (χ1) is 6.68. The Morgan fingerprint density at radius 3 is 2.71 bits per heavy atom. The molecular formula is C8H9FN4O. The number of alkyl halides is 1. The van der Waals surface area contributed by atoms with Gasteiger partial charge < -0.3 is 10.6 Å². The van der Waals surface area contributed by atoms with Gasteiger partial charge in [0.1, 0.15) is 6.17 Å². The first-order valence-electron chi connectivity index (χ1n) is 4.18. The second-order valence-electron chi connectivity index (χ2n) is 3.10. The monoisotopic (exact) mass is 196 g/mol. The van der Waals surface area contributed by atoms with Crippen molar-refractivity contribution in [3.05, 3.63) is 18.1 Å². The molecule has 2 N–H and O–H groups in total. The molecule has 1 amide bonds. The molecule has 0 spiro atoms. The van der Waals surface area contributed by atoms with E-state index in [1.165, 1.54) is 17.3 Å². The second-order valence-corrected chi connectivity index (χ2v) is 3.10. The van der Waals surface area contributed by atoms with Crippen LogP contribution in [0.25, 0.3) is 0 Å². The molecule has 0 aliphatic carbocycles. The van der Waals surface area contributed by atoms with E-state index in [4.69, 9.17) is 5.73 Å². The molecule has 0 saturated carbocycles. The Morgan fingerprint density at radius 1 is 1.50 bits per heavy atom. The summed E-state index contributed by atoms with van der Waals surface area (Å²) in [4.78, 5) is 20.5. The molecule has 74 valence electrons. The fourth-order valence-corrected chi connectivity index (χ4v) is 1.25. The number of rotatable bonds is 1. The van der Waals surface area contributed by atoms with E-state index in [0.717, 1.165) is 0 Å². The van der Waals surface area contributed by atoms with E-state index in [2.05, 4.69) is 9.97 Å². The number of hydrogen-bond acceptors (Lipinski definition) is 4. The van der Waals surface area contributed by atoms with E-state index in [1.54, 1.807) is 0 Å². The van der Waals surface area contributed by atoms with E-state index >= 15 is 0 Å². The molecule has 1 saturated heterocycles. The van der Waals surface area contributed by atoms with Gasteiger partial charge in [0.05, 0.1) is 13.1 Å². The van der Waals surface area contributed by atoms with Crippen molar-refractivity contribution in [2.24, 2.45) is 0 Å². The number of nitrogen functional groups attached to an aromatic ring is 1. The van der Waals surface area contributed by atoms with Crippen LogP contribution in [-0.2, 0) is 0 Å². The number of anilines is 1. The quantitative estimate of drug-likeness (QED) is 0.678. The third-order valence-electron chi connectivity index (χ3n) is 2.05. The summed E-state index contributed by atoms with van der Waals surface area (Å²) in [7, 11) is 0. The van der Waals surface area contributed by atoms with Gasteiger partial charge in [0.25, 0.3) is 5.91 Å². The van der Waals surface area contributed by atoms with E-state index in [9.17, 15) is 9.18 Å². The first kappa shape index (κ1) is 8.86. The van der Waals surface area contributed by atoms with Crippen LogP contribution in [-0.4, -0.2) is 40.0 Å². The largest absolute Gasteiger partial charge is 0.382 e. The summed E-state index contributed by atoms with van der Waals surface area (Å²) in [6, 6.07) is 0. The lowest BCUT2D eigenvalue weighted by Crippen LogP contribution is -2.51. The molecule has 6 heteroatoms. The predicted molar refractivity (Wildman–Crippen MR) is 47.2 cm³/mol. The molecule has 0 unspecified atom stereocenters. The van der Waals surface area contributed by atoms with E-state index in [0.29, 0.717) is 0 Å². The van der Waals surface area contributed by atoms with E-state index in [1.807, 2.05) is 0 Å². The van der Waals surface area contributed by atoms with Crippen molar-refractivity contribution in [2.75, 3.05) is 18.8 Å². The summed E-state index contributed by atoms with van der Waals surface area (Å²) in [5.41, 5.74) is 5.55. The summed E-state index contributed by atoms with van der Waals surface area (Å²) in [6.07, 6.45) is 1.87. The molecule has 1 fully saturated rings. The van der Waals surface area contributed by atoms with Gasteiger partial charge in [0.15, 0.2) is 11.5 Å². The van der Waals surface area contributed by atoms with Gasteiger partial charge in [-0.05, 0) is 0 Å². The predicted octanol–water partition coefficient (Wildman–Crippen LogP) is -0.147. The molecule has 0 radical (unpaired) electrons. The summed E-state index contributed by atoms with van der Waals surface area (Å²) in [6.45, 7) is 0.240. The molecule has 5 nitrogen and oxygen atoms in total. The van der Waals surface area contributed by atoms with Crippen LogP contribution in [0.4, 0.5) is 10.2 Å². The van der Waals surface area contributed by atoms with Gasteiger partial charge in [-0.1, -0.05) is 0 Å². The van der Waals surface area contributed by atoms with Gasteiger partial charge in [-0.15, -0.1) is 0 Å². The molecule has 0 aromatic carbocycles. The van der Waals surface area contributed by atoms with Crippen molar-refractivity contribution >= 4 is 11.7 Å². The maximum atomic E-state index is 12.5. The lowest BCUT2D eigenvalue weighted by Gasteiger charge is -2.33. The maximum absolute atomic E-state index is 12.5. The fourth-order valence-electron chi connectivity index (χ4n) is 1.25. The van der Waals surface area contributed by atoms with Gasteiger partial charge in [0, 0.05) is 12.4 Å². The molecule has 1 aromatic rings. The fraction of sp³-hybridized carbons (Fsp3) is 0.375. The van der Waals surface area contributed by atoms with Gasteiger partial charge in [-0.2, -0.15) is 0 Å². The normalized spacial score (nSPS) is 16.5. The Balaban J connectivity index is 2.16. The summed E-state index contributed by atoms with van der Waals surface area (Å²) < 4.78 is 12.5. The van der Waals surface area contributed by atoms with Gasteiger partial charge in [0.2, 0.25) is 0 Å². The zero-order chi connectivity index (χ0) is 10.1. The molecule has 1 aromatic heterocycles. The number of amides is 1. The molecule has 2 heterocycles. The highest BCUT2D eigenvalue weighted by atomic mass is 19.1. The number of hydrogen-bond donors (Lipinski definition) is 1. The Kier molecular flexibility index (Phi) is 2.03. The zero-order valence-corrected chi connectivity index (χ0v) is 7.35. The Bertz CT molecular complexity index is 364. The van der Waals surface area contributed by atoms with Crippen molar-refractivity contribution in [3.63, 3.8) is 0 Å². The van der Waals surface area contributed by atoms with E-state index < -0.39 is 6.17 Å². The molecular weight excluding hydrogens is 187 g/mol. The van der Waals surface area contributed by atoms with Crippen LogP contribution in [0.5, 0.6) is 0 Å². The third kappa shape index (κ3) is 1.39. The lowest BCUT2D eigenvalue weighted by molar-refractivity contribution is 0.0395. The topological polar surface area (TPSA) is 72.1 Å². The van der Waals surface area contributed by atoms with Crippen molar-refractivity contribution < 1.29 is 9.18 Å². The number of halogens is 1. The van der Waals surface area contributed by atoms with Gasteiger partial charge in [-0.25, -0.2) is 14.4 Å². The highest BCUT2D eigenvalue weighted by Gasteiger charge is 2.32. The summed E-state index contributed by atoms with van der Waals surface area (Å²) >= 11 is 0. The van der Waals surface area contributed by atoms with Crippen molar-refractivity contribution in [2.45, 2.75) is 6.17 Å². The standard InChI is InChI=1S/C8H9FN4O/c9-5-3-13(4-5)8(14)6-7(10)12-2-1-11-6/h1-2,5H,3-4H2,(H2,10,12). The third-order valence-corrected chi connectivity index (χ3v) is 2.05. The van der Waals surface area contributed by atoms with Crippen molar-refractivity contribution in [1.29, 1.82) is 0 Å². The Morgan fingerprint density at radius 2 is 2.14 bits per heavy atom. The minimum absolute atomic E-state index is 0.0832. The van der Waals surface area contributed by atoms with Crippen molar-refractivity contribution in [3.8, 4) is 0 Å². The molecule has 1 aliphatic heterocycles. The van der Waals surface area contributed by atoms with Crippen LogP contribution in [0.15, 0.2) is 12.4 Å². The highest BCUT2D eigenvalue weighted by Crippen LogP contribution is 2.16. The van der Waals surface area contributed by atoms with Crippen LogP contribution in [0.2, 0.25) is 0 Å². The van der Waals surface area contributed by atoms with Crippen LogP contribution in [0.1, 0.15) is 10.5 Å². The average Bonchev–Trinajstić information content (AvgIpc) is 2.13. The number of carbonyl (C=O) groups is 1. The SMILES string of the molecule is Nc1nccnc1C(=O)N1CC(F)C1. The molecule has 2 rings (SSSR count). The Labute approximate surface area is 79.8 Å². The number of carbonyl (C=O) groups excluding carboxylic acids is 1. The highest BCUT2D eigenvalue weighted by molar-refractivity contribution is 5.96. The number of likely N-dealkylation sites (tertiary alicyclic amines) is 1. The number of nitrogens with two attached hydrogens (primary N) is 1. The summed E-state index contributed by atoms with van der Waals surface area (Å²) in [5, 5.41) is 0. The van der Waals surface area contributed by atoms with Crippen molar-refractivity contribution in [1.82, 2.24) is 14.9 Å².